The molecule has 1 fully saturated rings. The second kappa shape index (κ2) is 6.07. The zero-order valence-corrected chi connectivity index (χ0v) is 14.9. The van der Waals surface area contributed by atoms with Crippen molar-refractivity contribution >= 4 is 17.5 Å². The van der Waals surface area contributed by atoms with Crippen LogP contribution in [0.1, 0.15) is 65.1 Å². The van der Waals surface area contributed by atoms with Gasteiger partial charge in [-0.15, -0.1) is 0 Å². The van der Waals surface area contributed by atoms with Gasteiger partial charge in [0.25, 0.3) is 0 Å². The first-order valence-electron chi connectivity index (χ1n) is 8.65. The van der Waals surface area contributed by atoms with Crippen LogP contribution in [0.25, 0.3) is 5.70 Å². The first-order chi connectivity index (χ1) is 11.3. The predicted octanol–water partition coefficient (Wildman–Crippen LogP) is 2.48. The Labute approximate surface area is 142 Å². The molecular weight excluding hydrogens is 304 g/mol. The number of nitrogens with one attached hydrogen (secondary N) is 1. The number of hydrogen-bond donors (Lipinski definition) is 1. The molecule has 0 aromatic carbocycles. The minimum Gasteiger partial charge on any atom is -0.349 e. The fourth-order valence-electron chi connectivity index (χ4n) is 3.67. The zero-order valence-electron chi connectivity index (χ0n) is 14.9. The van der Waals surface area contributed by atoms with Crippen LogP contribution in [0.3, 0.4) is 0 Å². The maximum Gasteiger partial charge on any atom is 0.249 e. The summed E-state index contributed by atoms with van der Waals surface area (Å²) in [7, 11) is 0. The van der Waals surface area contributed by atoms with E-state index in [0.29, 0.717) is 0 Å². The van der Waals surface area contributed by atoms with Crippen LogP contribution in [0.15, 0.2) is 18.3 Å². The summed E-state index contributed by atoms with van der Waals surface area (Å²) >= 11 is 0. The normalized spacial score (nSPS) is 22.2. The molecule has 0 saturated heterocycles. The number of fused-ring (bicyclic) bond motifs is 1. The number of carbonyl (C=O) groups is 2. The first-order valence-corrected chi connectivity index (χ1v) is 8.65. The topological polar surface area (TPSA) is 67.2 Å². The Morgan fingerprint density at radius 1 is 1.29 bits per heavy atom. The molecule has 0 spiro atoms. The summed E-state index contributed by atoms with van der Waals surface area (Å²) in [6.07, 6.45) is 7.39. The summed E-state index contributed by atoms with van der Waals surface area (Å²) in [5.74, 6) is -0.244. The van der Waals surface area contributed by atoms with Crippen molar-refractivity contribution in [1.29, 1.82) is 0 Å². The highest BCUT2D eigenvalue weighted by Crippen LogP contribution is 2.34. The van der Waals surface area contributed by atoms with Crippen LogP contribution in [-0.2, 0) is 9.59 Å². The second-order valence-electron chi connectivity index (χ2n) is 7.78. The molecule has 2 heterocycles. The van der Waals surface area contributed by atoms with Crippen molar-refractivity contribution in [2.75, 3.05) is 0 Å². The van der Waals surface area contributed by atoms with Gasteiger partial charge in [0.05, 0.1) is 5.69 Å². The monoisotopic (exact) mass is 330 g/mol. The predicted molar refractivity (Wildman–Crippen MR) is 91.9 cm³/mol. The van der Waals surface area contributed by atoms with Gasteiger partial charge in [0.15, 0.2) is 6.04 Å². The highest BCUT2D eigenvalue weighted by molar-refractivity contribution is 5.98. The van der Waals surface area contributed by atoms with Gasteiger partial charge in [-0.2, -0.15) is 5.10 Å². The largest absolute Gasteiger partial charge is 0.349 e. The highest BCUT2D eigenvalue weighted by Gasteiger charge is 2.41. The number of aromatic nitrogens is 2. The molecule has 1 N–H and O–H groups in total. The smallest absolute Gasteiger partial charge is 0.249 e. The Bertz CT molecular complexity index is 677. The van der Waals surface area contributed by atoms with Crippen LogP contribution in [0.5, 0.6) is 0 Å². The van der Waals surface area contributed by atoms with E-state index in [0.717, 1.165) is 37.1 Å². The van der Waals surface area contributed by atoms with E-state index in [4.69, 9.17) is 0 Å². The number of allylic oxidation sites excluding steroid dienone is 1. The third-order valence-electron chi connectivity index (χ3n) is 4.62. The fraction of sp³-hybridized carbons (Fsp3) is 0.611. The Morgan fingerprint density at radius 2 is 1.96 bits per heavy atom. The van der Waals surface area contributed by atoms with Crippen molar-refractivity contribution in [1.82, 2.24) is 20.0 Å². The number of hydrogen-bond acceptors (Lipinski definition) is 3. The lowest BCUT2D eigenvalue weighted by molar-refractivity contribution is -0.140. The SMILES string of the molecule is CC1=CC(=O)N(C2CCCC2)C(C(=O)NC(C)(C)C)c2ccnn21. The molecule has 1 aromatic rings. The van der Waals surface area contributed by atoms with E-state index in [1.165, 1.54) is 0 Å². The molecule has 130 valence electrons. The molecule has 1 atom stereocenters. The lowest BCUT2D eigenvalue weighted by Crippen LogP contribution is -2.51. The molecule has 1 saturated carbocycles. The number of carbonyl (C=O) groups excluding carboxylic acids is 2. The third kappa shape index (κ3) is 3.09. The van der Waals surface area contributed by atoms with Crippen LogP contribution in [0, 0.1) is 0 Å². The highest BCUT2D eigenvalue weighted by atomic mass is 16.2. The zero-order chi connectivity index (χ0) is 17.5. The average Bonchev–Trinajstić information content (AvgIpc) is 3.11. The summed E-state index contributed by atoms with van der Waals surface area (Å²) in [6, 6.07) is 1.31. The van der Waals surface area contributed by atoms with E-state index in [1.807, 2.05) is 33.8 Å². The Balaban J connectivity index is 2.06. The molecule has 1 aliphatic heterocycles. The van der Waals surface area contributed by atoms with E-state index >= 15 is 0 Å². The molecule has 6 heteroatoms. The summed E-state index contributed by atoms with van der Waals surface area (Å²) in [6.45, 7) is 7.70. The van der Waals surface area contributed by atoms with Crippen LogP contribution in [0.2, 0.25) is 0 Å². The van der Waals surface area contributed by atoms with E-state index < -0.39 is 6.04 Å². The van der Waals surface area contributed by atoms with Crippen molar-refractivity contribution in [2.24, 2.45) is 0 Å². The third-order valence-corrected chi connectivity index (χ3v) is 4.62. The molecule has 1 aliphatic carbocycles. The maximum atomic E-state index is 13.1. The van der Waals surface area contributed by atoms with Gasteiger partial charge in [0.1, 0.15) is 0 Å². The van der Waals surface area contributed by atoms with Gasteiger partial charge in [-0.1, -0.05) is 12.8 Å². The van der Waals surface area contributed by atoms with E-state index in [-0.39, 0.29) is 23.4 Å². The lowest BCUT2D eigenvalue weighted by atomic mass is 10.0. The molecule has 2 amide bonds. The molecule has 3 rings (SSSR count). The van der Waals surface area contributed by atoms with Gasteiger partial charge in [-0.3, -0.25) is 9.59 Å². The van der Waals surface area contributed by atoms with Crippen molar-refractivity contribution in [3.8, 4) is 0 Å². The quantitative estimate of drug-likeness (QED) is 0.906. The molecule has 0 bridgehead atoms. The van der Waals surface area contributed by atoms with Crippen molar-refractivity contribution < 1.29 is 9.59 Å². The molecule has 24 heavy (non-hydrogen) atoms. The molecular formula is C18H26N4O2. The van der Waals surface area contributed by atoms with E-state index in [1.54, 1.807) is 21.9 Å². The fourth-order valence-corrected chi connectivity index (χ4v) is 3.67. The molecule has 1 aromatic heterocycles. The van der Waals surface area contributed by atoms with Crippen LogP contribution >= 0.6 is 0 Å². The average molecular weight is 330 g/mol. The minimum atomic E-state index is -0.643. The Kier molecular flexibility index (Phi) is 4.24. The van der Waals surface area contributed by atoms with Crippen molar-refractivity contribution in [3.05, 3.63) is 24.0 Å². The Morgan fingerprint density at radius 3 is 2.58 bits per heavy atom. The van der Waals surface area contributed by atoms with Crippen molar-refractivity contribution in [2.45, 2.75) is 71.0 Å². The van der Waals surface area contributed by atoms with Crippen LogP contribution < -0.4 is 5.32 Å². The standard InChI is InChI=1S/C18H26N4O2/c1-12-11-15(23)21(13-7-5-6-8-13)16(14-9-10-19-22(12)14)17(24)20-18(2,3)4/h9-11,13,16H,5-8H2,1-4H3,(H,20,24). The van der Waals surface area contributed by atoms with Gasteiger partial charge in [0.2, 0.25) is 11.8 Å². The van der Waals surface area contributed by atoms with Crippen LogP contribution in [0.4, 0.5) is 0 Å². The van der Waals surface area contributed by atoms with E-state index in [9.17, 15) is 9.59 Å². The maximum absolute atomic E-state index is 13.1. The van der Waals surface area contributed by atoms with Crippen LogP contribution in [-0.4, -0.2) is 38.1 Å². The van der Waals surface area contributed by atoms with Gasteiger partial charge in [0, 0.05) is 29.6 Å². The lowest BCUT2D eigenvalue weighted by Gasteiger charge is -2.35. The molecule has 0 radical (unpaired) electrons. The second-order valence-corrected chi connectivity index (χ2v) is 7.78. The molecule has 1 unspecified atom stereocenters. The van der Waals surface area contributed by atoms with E-state index in [2.05, 4.69) is 10.4 Å². The first kappa shape index (κ1) is 16.7. The summed E-state index contributed by atoms with van der Waals surface area (Å²) in [4.78, 5) is 27.7. The Hall–Kier alpha value is -2.11. The molecule has 2 aliphatic rings. The summed E-state index contributed by atoms with van der Waals surface area (Å²) in [5.41, 5.74) is 1.14. The summed E-state index contributed by atoms with van der Waals surface area (Å²) < 4.78 is 1.71. The number of amides is 2. The number of nitrogens with zero attached hydrogens (tertiary/aromatic N) is 3. The van der Waals surface area contributed by atoms with Crippen molar-refractivity contribution in [3.63, 3.8) is 0 Å². The van der Waals surface area contributed by atoms with Gasteiger partial charge >= 0.3 is 0 Å². The summed E-state index contributed by atoms with van der Waals surface area (Å²) in [5, 5.41) is 7.35. The minimum absolute atomic E-state index is 0.0982. The van der Waals surface area contributed by atoms with Gasteiger partial charge < -0.3 is 10.2 Å². The number of rotatable bonds is 2. The van der Waals surface area contributed by atoms with Gasteiger partial charge in [-0.05, 0) is 46.6 Å². The van der Waals surface area contributed by atoms with Gasteiger partial charge in [-0.25, -0.2) is 4.68 Å². The molecule has 6 nitrogen and oxygen atoms in total.